The molecule has 1 aromatic carbocycles. The number of rotatable bonds is 6. The molecule has 0 unspecified atom stereocenters. The molecule has 10 heteroatoms. The van der Waals surface area contributed by atoms with E-state index < -0.39 is 18.0 Å². The summed E-state index contributed by atoms with van der Waals surface area (Å²) in [4.78, 5) is 26.0. The van der Waals surface area contributed by atoms with Crippen LogP contribution in [0, 0.1) is 0 Å². The summed E-state index contributed by atoms with van der Waals surface area (Å²) in [7, 11) is 0. The number of nitrogens with one attached hydrogen (secondary N) is 1. The van der Waals surface area contributed by atoms with Crippen LogP contribution >= 0.6 is 22.9 Å². The molecule has 134 valence electrons. The van der Waals surface area contributed by atoms with Crippen LogP contribution in [0.2, 0.25) is 5.02 Å². The van der Waals surface area contributed by atoms with Crippen molar-refractivity contribution >= 4 is 40.5 Å². The van der Waals surface area contributed by atoms with Crippen molar-refractivity contribution in [2.45, 2.75) is 19.6 Å². The van der Waals surface area contributed by atoms with Gasteiger partial charge in [0.2, 0.25) is 5.82 Å². The smallest absolute Gasteiger partial charge is 0.330 e. The van der Waals surface area contributed by atoms with E-state index in [1.54, 1.807) is 24.3 Å². The van der Waals surface area contributed by atoms with E-state index in [-0.39, 0.29) is 6.54 Å². The number of tetrazole rings is 1. The van der Waals surface area contributed by atoms with E-state index in [0.717, 1.165) is 9.67 Å². The lowest BCUT2D eigenvalue weighted by Crippen LogP contribution is -2.31. The number of anilines is 1. The minimum Gasteiger partial charge on any atom is -0.451 e. The summed E-state index contributed by atoms with van der Waals surface area (Å²) in [6.07, 6.45) is -0.974. The molecule has 3 rings (SSSR count). The molecule has 1 N–H and O–H groups in total. The quantitative estimate of drug-likeness (QED) is 0.648. The van der Waals surface area contributed by atoms with Gasteiger partial charge in [0.05, 0.1) is 4.88 Å². The van der Waals surface area contributed by atoms with Gasteiger partial charge in [-0.15, -0.1) is 21.5 Å². The average molecular weight is 392 g/mol. The number of aromatic nitrogens is 4. The molecule has 2 heterocycles. The van der Waals surface area contributed by atoms with Gasteiger partial charge < -0.3 is 10.1 Å². The van der Waals surface area contributed by atoms with Crippen LogP contribution in [-0.4, -0.2) is 38.2 Å². The van der Waals surface area contributed by atoms with Crippen molar-refractivity contribution in [3.63, 3.8) is 0 Å². The summed E-state index contributed by atoms with van der Waals surface area (Å²) in [5.41, 5.74) is 0.556. The highest BCUT2D eigenvalue weighted by atomic mass is 35.5. The summed E-state index contributed by atoms with van der Waals surface area (Å²) >= 11 is 7.26. The fraction of sp³-hybridized carbons (Fsp3) is 0.188. The molecule has 0 radical (unpaired) electrons. The van der Waals surface area contributed by atoms with Gasteiger partial charge in [0.25, 0.3) is 5.91 Å². The molecule has 3 aromatic rings. The summed E-state index contributed by atoms with van der Waals surface area (Å²) in [6, 6.07) is 10.3. The first-order chi connectivity index (χ1) is 12.5. The second-order valence-corrected chi connectivity index (χ2v) is 6.63. The molecule has 0 aliphatic rings. The van der Waals surface area contributed by atoms with E-state index in [0.29, 0.717) is 16.5 Å². The van der Waals surface area contributed by atoms with Crippen LogP contribution in [0.3, 0.4) is 0 Å². The molecule has 0 saturated carbocycles. The number of ether oxygens (including phenoxy) is 1. The van der Waals surface area contributed by atoms with Gasteiger partial charge in [-0.05, 0) is 47.8 Å². The molecule has 2 aromatic heterocycles. The number of carbonyl (C=O) groups is 2. The second-order valence-electron chi connectivity index (χ2n) is 5.25. The third kappa shape index (κ3) is 4.64. The van der Waals surface area contributed by atoms with Gasteiger partial charge in [-0.25, -0.2) is 4.79 Å². The van der Waals surface area contributed by atoms with Crippen molar-refractivity contribution in [1.29, 1.82) is 0 Å². The normalized spacial score (nSPS) is 11.8. The van der Waals surface area contributed by atoms with Gasteiger partial charge in [0.1, 0.15) is 0 Å². The van der Waals surface area contributed by atoms with E-state index in [1.807, 2.05) is 17.5 Å². The van der Waals surface area contributed by atoms with E-state index in [4.69, 9.17) is 16.3 Å². The summed E-state index contributed by atoms with van der Waals surface area (Å²) in [5.74, 6) is -0.660. The first kappa shape index (κ1) is 18.0. The third-order valence-corrected chi connectivity index (χ3v) is 4.37. The van der Waals surface area contributed by atoms with E-state index in [2.05, 4.69) is 20.7 Å². The Labute approximate surface area is 157 Å². The molecule has 0 bridgehead atoms. The number of hydrogen-bond acceptors (Lipinski definition) is 7. The molecule has 0 spiro atoms. The Bertz CT molecular complexity index is 895. The fourth-order valence-electron chi connectivity index (χ4n) is 2.00. The van der Waals surface area contributed by atoms with E-state index in [9.17, 15) is 9.59 Å². The number of carbonyl (C=O) groups excluding carboxylic acids is 2. The zero-order chi connectivity index (χ0) is 18.5. The lowest BCUT2D eigenvalue weighted by molar-refractivity contribution is -0.154. The maximum absolute atomic E-state index is 12.1. The molecule has 0 aliphatic carbocycles. The molecule has 8 nitrogen and oxygen atoms in total. The monoisotopic (exact) mass is 391 g/mol. The van der Waals surface area contributed by atoms with Gasteiger partial charge in [-0.2, -0.15) is 4.80 Å². The largest absolute Gasteiger partial charge is 0.451 e. The van der Waals surface area contributed by atoms with E-state index >= 15 is 0 Å². The van der Waals surface area contributed by atoms with Crippen LogP contribution in [0.5, 0.6) is 0 Å². The molecule has 1 amide bonds. The van der Waals surface area contributed by atoms with Crippen molar-refractivity contribution in [2.75, 3.05) is 5.32 Å². The number of esters is 1. The van der Waals surface area contributed by atoms with Crippen LogP contribution in [0.4, 0.5) is 5.69 Å². The summed E-state index contributed by atoms with van der Waals surface area (Å²) < 4.78 is 5.11. The molecule has 0 saturated heterocycles. The predicted molar refractivity (Wildman–Crippen MR) is 96.8 cm³/mol. The topological polar surface area (TPSA) is 99.0 Å². The van der Waals surface area contributed by atoms with Gasteiger partial charge >= 0.3 is 5.97 Å². The third-order valence-electron chi connectivity index (χ3n) is 3.25. The van der Waals surface area contributed by atoms with Gasteiger partial charge in [-0.1, -0.05) is 17.7 Å². The Morgan fingerprint density at radius 3 is 2.77 bits per heavy atom. The number of thiophene rings is 1. The lowest BCUT2D eigenvalue weighted by atomic mass is 10.3. The highest BCUT2D eigenvalue weighted by Gasteiger charge is 2.19. The second kappa shape index (κ2) is 8.07. The Kier molecular flexibility index (Phi) is 5.59. The van der Waals surface area contributed by atoms with Crippen molar-refractivity contribution in [1.82, 2.24) is 20.2 Å². The predicted octanol–water partition coefficient (Wildman–Crippen LogP) is 2.63. The highest BCUT2D eigenvalue weighted by Crippen LogP contribution is 2.19. The standard InChI is InChI=1S/C16H14ClN5O3S/c1-10(16(24)18-12-6-4-11(17)5-7-12)25-14(23)9-22-20-15(19-21-22)13-3-2-8-26-13/h2-8,10H,9H2,1H3,(H,18,24)/t10-/m1/s1. The molecule has 1 atom stereocenters. The van der Waals surface area contributed by atoms with Crippen LogP contribution in [0.15, 0.2) is 41.8 Å². The maximum atomic E-state index is 12.1. The van der Waals surface area contributed by atoms with Crippen molar-refractivity contribution in [3.05, 3.63) is 46.8 Å². The number of nitrogens with zero attached hydrogens (tertiary/aromatic N) is 4. The zero-order valence-corrected chi connectivity index (χ0v) is 15.2. The Morgan fingerprint density at radius 2 is 2.08 bits per heavy atom. The number of halogens is 1. The molecular weight excluding hydrogens is 378 g/mol. The van der Waals surface area contributed by atoms with Gasteiger partial charge in [0.15, 0.2) is 12.6 Å². The maximum Gasteiger partial charge on any atom is 0.330 e. The van der Waals surface area contributed by atoms with Crippen molar-refractivity contribution in [2.24, 2.45) is 0 Å². The number of amides is 1. The van der Waals surface area contributed by atoms with E-state index in [1.165, 1.54) is 18.3 Å². The van der Waals surface area contributed by atoms with Crippen LogP contribution in [0.25, 0.3) is 10.7 Å². The minimum absolute atomic E-state index is 0.239. The molecular formula is C16H14ClN5O3S. The fourth-order valence-corrected chi connectivity index (χ4v) is 2.77. The SMILES string of the molecule is C[C@@H](OC(=O)Cn1nnc(-c2cccs2)n1)C(=O)Nc1ccc(Cl)cc1. The zero-order valence-electron chi connectivity index (χ0n) is 13.6. The lowest BCUT2D eigenvalue weighted by Gasteiger charge is -2.13. The Balaban J connectivity index is 1.52. The van der Waals surface area contributed by atoms with Gasteiger partial charge in [-0.3, -0.25) is 4.79 Å². The molecule has 0 aliphatic heterocycles. The number of benzene rings is 1. The first-order valence-electron chi connectivity index (χ1n) is 7.59. The summed E-state index contributed by atoms with van der Waals surface area (Å²) in [6.45, 7) is 1.24. The van der Waals surface area contributed by atoms with Crippen LogP contribution < -0.4 is 5.32 Å². The van der Waals surface area contributed by atoms with Crippen LogP contribution in [0.1, 0.15) is 6.92 Å². The molecule has 26 heavy (non-hydrogen) atoms. The highest BCUT2D eigenvalue weighted by molar-refractivity contribution is 7.13. The minimum atomic E-state index is -0.974. The summed E-state index contributed by atoms with van der Waals surface area (Å²) in [5, 5.41) is 16.9. The average Bonchev–Trinajstić information content (AvgIpc) is 3.28. The van der Waals surface area contributed by atoms with Gasteiger partial charge in [0, 0.05) is 10.7 Å². The number of hydrogen-bond donors (Lipinski definition) is 1. The Hall–Kier alpha value is -2.78. The van der Waals surface area contributed by atoms with Crippen molar-refractivity contribution < 1.29 is 14.3 Å². The molecule has 0 fully saturated rings. The van der Waals surface area contributed by atoms with Crippen LogP contribution in [-0.2, 0) is 20.9 Å². The Morgan fingerprint density at radius 1 is 1.31 bits per heavy atom. The first-order valence-corrected chi connectivity index (χ1v) is 8.84. The van der Waals surface area contributed by atoms with Crippen molar-refractivity contribution in [3.8, 4) is 10.7 Å².